The van der Waals surface area contributed by atoms with E-state index in [9.17, 15) is 4.79 Å². The highest BCUT2D eigenvalue weighted by molar-refractivity contribution is 9.10. The van der Waals surface area contributed by atoms with Gasteiger partial charge in [-0.15, -0.1) is 0 Å². The Balaban J connectivity index is 2.33. The average Bonchev–Trinajstić information content (AvgIpc) is 2.43. The zero-order valence-corrected chi connectivity index (χ0v) is 13.2. The minimum Gasteiger partial charge on any atom is -0.323 e. The minimum atomic E-state index is -0.344. The lowest BCUT2D eigenvalue weighted by atomic mass is 10.1. The molecule has 20 heavy (non-hydrogen) atoms. The molecule has 0 radical (unpaired) electrons. The van der Waals surface area contributed by atoms with Crippen LogP contribution in [0.25, 0.3) is 0 Å². The molecule has 104 valence electrons. The standard InChI is InChI=1S/C13H10BrCl2N3O/c14-12-9(16)2-1-3-11(12)18-13(20)8-6-7(15)4-5-10(8)19-17/h1-6,19H,17H2,(H,18,20). The number of hydrogen-bond donors (Lipinski definition) is 3. The van der Waals surface area contributed by atoms with Gasteiger partial charge in [-0.05, 0) is 46.3 Å². The van der Waals surface area contributed by atoms with Crippen molar-refractivity contribution in [3.05, 3.63) is 56.5 Å². The summed E-state index contributed by atoms with van der Waals surface area (Å²) in [5.74, 6) is 5.04. The summed E-state index contributed by atoms with van der Waals surface area (Å²) in [4.78, 5) is 12.3. The van der Waals surface area contributed by atoms with Gasteiger partial charge in [-0.2, -0.15) is 0 Å². The molecule has 0 unspecified atom stereocenters. The molecule has 0 fully saturated rings. The molecule has 0 spiro atoms. The lowest BCUT2D eigenvalue weighted by Gasteiger charge is -2.11. The molecule has 0 aliphatic carbocycles. The van der Waals surface area contributed by atoms with Crippen LogP contribution in [-0.2, 0) is 0 Å². The predicted octanol–water partition coefficient (Wildman–Crippen LogP) is 4.29. The Labute approximate surface area is 134 Å². The predicted molar refractivity (Wildman–Crippen MR) is 86.4 cm³/mol. The SMILES string of the molecule is NNc1ccc(Cl)cc1C(=O)Nc1cccc(Cl)c1Br. The van der Waals surface area contributed by atoms with Crippen molar-refractivity contribution >= 4 is 56.4 Å². The molecule has 0 atom stereocenters. The first-order valence-electron chi connectivity index (χ1n) is 5.54. The molecule has 0 aliphatic heterocycles. The number of hydrazine groups is 1. The van der Waals surface area contributed by atoms with Crippen LogP contribution in [0.5, 0.6) is 0 Å². The van der Waals surface area contributed by atoms with Gasteiger partial charge in [0.1, 0.15) is 0 Å². The van der Waals surface area contributed by atoms with E-state index in [0.29, 0.717) is 31.5 Å². The van der Waals surface area contributed by atoms with E-state index in [1.807, 2.05) is 0 Å². The van der Waals surface area contributed by atoms with Crippen molar-refractivity contribution in [1.82, 2.24) is 0 Å². The number of carbonyl (C=O) groups is 1. The maximum atomic E-state index is 12.3. The number of rotatable bonds is 3. The fourth-order valence-corrected chi connectivity index (χ4v) is 2.33. The summed E-state index contributed by atoms with van der Waals surface area (Å²) in [6.45, 7) is 0. The second-order valence-corrected chi connectivity index (χ2v) is 5.53. The topological polar surface area (TPSA) is 67.1 Å². The molecule has 0 aromatic heterocycles. The van der Waals surface area contributed by atoms with Crippen LogP contribution in [-0.4, -0.2) is 5.91 Å². The Kier molecular flexibility index (Phi) is 4.88. The third kappa shape index (κ3) is 3.24. The molecular formula is C13H10BrCl2N3O. The number of hydrogen-bond acceptors (Lipinski definition) is 3. The number of nitrogens with one attached hydrogen (secondary N) is 2. The summed E-state index contributed by atoms with van der Waals surface area (Å²) in [6.07, 6.45) is 0. The molecule has 0 saturated heterocycles. The number of nitrogen functional groups attached to an aromatic ring is 1. The number of halogens is 3. The normalized spacial score (nSPS) is 10.2. The van der Waals surface area contributed by atoms with Gasteiger partial charge in [0.15, 0.2) is 0 Å². The monoisotopic (exact) mass is 373 g/mol. The quantitative estimate of drug-likeness (QED) is 0.554. The van der Waals surface area contributed by atoms with Gasteiger partial charge >= 0.3 is 0 Å². The zero-order valence-electron chi connectivity index (χ0n) is 10.1. The lowest BCUT2D eigenvalue weighted by molar-refractivity contribution is 0.102. The van der Waals surface area contributed by atoms with Gasteiger partial charge in [0, 0.05) is 5.02 Å². The largest absolute Gasteiger partial charge is 0.323 e. The maximum absolute atomic E-state index is 12.3. The Hall–Kier alpha value is -1.27. The summed E-state index contributed by atoms with van der Waals surface area (Å²) < 4.78 is 0.610. The minimum absolute atomic E-state index is 0.340. The van der Waals surface area contributed by atoms with Crippen LogP contribution in [0.2, 0.25) is 10.0 Å². The lowest BCUT2D eigenvalue weighted by Crippen LogP contribution is -2.17. The molecule has 2 aromatic carbocycles. The Bertz CT molecular complexity index is 664. The van der Waals surface area contributed by atoms with Crippen molar-refractivity contribution in [2.24, 2.45) is 5.84 Å². The van der Waals surface area contributed by atoms with Crippen LogP contribution in [0.1, 0.15) is 10.4 Å². The van der Waals surface area contributed by atoms with E-state index >= 15 is 0 Å². The van der Waals surface area contributed by atoms with Gasteiger partial charge < -0.3 is 10.7 Å². The number of amides is 1. The van der Waals surface area contributed by atoms with E-state index in [-0.39, 0.29) is 5.91 Å². The number of nitrogens with two attached hydrogens (primary N) is 1. The first-order chi connectivity index (χ1) is 9.52. The van der Waals surface area contributed by atoms with Crippen molar-refractivity contribution in [2.45, 2.75) is 0 Å². The average molecular weight is 375 g/mol. The molecule has 0 aliphatic rings. The first kappa shape index (κ1) is 15.1. The molecule has 0 heterocycles. The molecule has 4 N–H and O–H groups in total. The summed E-state index contributed by atoms with van der Waals surface area (Å²) >= 11 is 15.2. The molecular weight excluding hydrogens is 365 g/mol. The molecule has 0 bridgehead atoms. The van der Waals surface area contributed by atoms with Gasteiger partial charge in [-0.1, -0.05) is 29.3 Å². The number of anilines is 2. The number of carbonyl (C=O) groups excluding carboxylic acids is 1. The molecule has 7 heteroatoms. The van der Waals surface area contributed by atoms with E-state index < -0.39 is 0 Å². The Morgan fingerprint density at radius 3 is 2.60 bits per heavy atom. The smallest absolute Gasteiger partial charge is 0.257 e. The zero-order chi connectivity index (χ0) is 14.7. The highest BCUT2D eigenvalue weighted by atomic mass is 79.9. The summed E-state index contributed by atoms with van der Waals surface area (Å²) in [7, 11) is 0. The summed E-state index contributed by atoms with van der Waals surface area (Å²) in [6, 6.07) is 9.99. The van der Waals surface area contributed by atoms with Gasteiger partial charge in [0.25, 0.3) is 5.91 Å². The van der Waals surface area contributed by atoms with E-state index in [1.54, 1.807) is 30.3 Å². The van der Waals surface area contributed by atoms with Crippen LogP contribution in [0.4, 0.5) is 11.4 Å². The van der Waals surface area contributed by atoms with Crippen LogP contribution in [0.3, 0.4) is 0 Å². The highest BCUT2D eigenvalue weighted by Crippen LogP contribution is 2.31. The van der Waals surface area contributed by atoms with Gasteiger partial charge in [0.2, 0.25) is 0 Å². The Morgan fingerprint density at radius 2 is 1.90 bits per heavy atom. The third-order valence-electron chi connectivity index (χ3n) is 2.58. The second kappa shape index (κ2) is 6.45. The van der Waals surface area contributed by atoms with E-state index in [4.69, 9.17) is 29.0 Å². The van der Waals surface area contributed by atoms with Crippen LogP contribution < -0.4 is 16.6 Å². The maximum Gasteiger partial charge on any atom is 0.257 e. The summed E-state index contributed by atoms with van der Waals surface area (Å²) in [5, 5.41) is 3.69. The molecule has 2 rings (SSSR count). The molecule has 1 amide bonds. The van der Waals surface area contributed by atoms with E-state index in [1.165, 1.54) is 6.07 Å². The van der Waals surface area contributed by atoms with Crippen LogP contribution >= 0.6 is 39.1 Å². The molecule has 0 saturated carbocycles. The van der Waals surface area contributed by atoms with Crippen LogP contribution in [0, 0.1) is 0 Å². The third-order valence-corrected chi connectivity index (χ3v) is 4.21. The molecule has 2 aromatic rings. The van der Waals surface area contributed by atoms with Gasteiger partial charge in [0.05, 0.1) is 26.4 Å². The fourth-order valence-electron chi connectivity index (χ4n) is 1.62. The van der Waals surface area contributed by atoms with E-state index in [0.717, 1.165) is 0 Å². The van der Waals surface area contributed by atoms with Crippen molar-refractivity contribution in [1.29, 1.82) is 0 Å². The van der Waals surface area contributed by atoms with Crippen molar-refractivity contribution in [3.63, 3.8) is 0 Å². The fraction of sp³-hybridized carbons (Fsp3) is 0. The first-order valence-corrected chi connectivity index (χ1v) is 7.09. The van der Waals surface area contributed by atoms with Crippen LogP contribution in [0.15, 0.2) is 40.9 Å². The van der Waals surface area contributed by atoms with E-state index in [2.05, 4.69) is 26.7 Å². The van der Waals surface area contributed by atoms with Gasteiger partial charge in [-0.3, -0.25) is 10.6 Å². The van der Waals surface area contributed by atoms with Crippen molar-refractivity contribution in [2.75, 3.05) is 10.7 Å². The number of benzene rings is 2. The van der Waals surface area contributed by atoms with Crippen molar-refractivity contribution in [3.8, 4) is 0 Å². The van der Waals surface area contributed by atoms with Gasteiger partial charge in [-0.25, -0.2) is 0 Å². The summed E-state index contributed by atoms with van der Waals surface area (Å²) in [5.41, 5.74) is 3.84. The molecule has 4 nitrogen and oxygen atoms in total. The second-order valence-electron chi connectivity index (χ2n) is 3.89. The Morgan fingerprint density at radius 1 is 1.15 bits per heavy atom. The van der Waals surface area contributed by atoms with Crippen molar-refractivity contribution < 1.29 is 4.79 Å². The highest BCUT2D eigenvalue weighted by Gasteiger charge is 2.14.